The summed E-state index contributed by atoms with van der Waals surface area (Å²) in [6.07, 6.45) is -5.95. The molecule has 1 aromatic rings. The molecule has 5 nitrogen and oxygen atoms in total. The van der Waals surface area contributed by atoms with Crippen LogP contribution in [0.2, 0.25) is 5.02 Å². The fraction of sp³-hybridized carbons (Fsp3) is 0.417. The van der Waals surface area contributed by atoms with E-state index in [-0.39, 0.29) is 5.02 Å². The summed E-state index contributed by atoms with van der Waals surface area (Å²) in [5.41, 5.74) is -1.49. The minimum absolute atomic E-state index is 0.208. The SMILES string of the molecule is O=C(N[C@@H]1CS(=O)(=O)C[C@H]1O)c1cc(C(F)(F)F)ccc1Cl. The molecule has 0 bridgehead atoms. The minimum Gasteiger partial charge on any atom is -0.390 e. The Morgan fingerprint density at radius 2 is 1.95 bits per heavy atom. The van der Waals surface area contributed by atoms with E-state index < -0.39 is 56.7 Å². The van der Waals surface area contributed by atoms with Gasteiger partial charge in [-0.3, -0.25) is 4.79 Å². The number of sulfone groups is 1. The molecule has 22 heavy (non-hydrogen) atoms. The molecule has 1 amide bonds. The lowest BCUT2D eigenvalue weighted by atomic mass is 10.1. The van der Waals surface area contributed by atoms with Gasteiger partial charge < -0.3 is 10.4 Å². The highest BCUT2D eigenvalue weighted by molar-refractivity contribution is 7.91. The van der Waals surface area contributed by atoms with Gasteiger partial charge in [0.25, 0.3) is 5.91 Å². The third-order valence-electron chi connectivity index (χ3n) is 3.18. The van der Waals surface area contributed by atoms with E-state index in [1.165, 1.54) is 0 Å². The Hall–Kier alpha value is -1.32. The summed E-state index contributed by atoms with van der Waals surface area (Å²) in [6, 6.07) is 1.16. The number of rotatable bonds is 2. The molecule has 2 N–H and O–H groups in total. The highest BCUT2D eigenvalue weighted by Gasteiger charge is 2.38. The van der Waals surface area contributed by atoms with Crippen molar-refractivity contribution in [1.82, 2.24) is 5.32 Å². The highest BCUT2D eigenvalue weighted by Crippen LogP contribution is 2.31. The van der Waals surface area contributed by atoms with Crippen molar-refractivity contribution in [3.63, 3.8) is 0 Å². The average Bonchev–Trinajstić information content (AvgIpc) is 2.61. The molecule has 0 unspecified atom stereocenters. The van der Waals surface area contributed by atoms with Crippen LogP contribution >= 0.6 is 11.6 Å². The Morgan fingerprint density at radius 1 is 1.32 bits per heavy atom. The molecule has 2 atom stereocenters. The fourth-order valence-corrected chi connectivity index (χ4v) is 4.03. The summed E-state index contributed by atoms with van der Waals surface area (Å²) in [7, 11) is -3.49. The van der Waals surface area contributed by atoms with Crippen molar-refractivity contribution in [3.8, 4) is 0 Å². The normalized spacial score (nSPS) is 24.2. The van der Waals surface area contributed by atoms with Gasteiger partial charge in [0, 0.05) is 0 Å². The fourth-order valence-electron chi connectivity index (χ4n) is 2.09. The summed E-state index contributed by atoms with van der Waals surface area (Å²) >= 11 is 5.71. The lowest BCUT2D eigenvalue weighted by Crippen LogP contribution is -2.42. The molecule has 0 aromatic heterocycles. The van der Waals surface area contributed by atoms with Gasteiger partial charge in [0.2, 0.25) is 0 Å². The zero-order valence-corrected chi connectivity index (χ0v) is 12.5. The second kappa shape index (κ2) is 5.71. The van der Waals surface area contributed by atoms with Crippen LogP contribution in [-0.2, 0) is 16.0 Å². The summed E-state index contributed by atoms with van der Waals surface area (Å²) in [5.74, 6) is -1.96. The number of hydrogen-bond acceptors (Lipinski definition) is 4. The molecular formula is C12H11ClF3NO4S. The number of alkyl halides is 3. The molecule has 0 spiro atoms. The van der Waals surface area contributed by atoms with Crippen molar-refractivity contribution in [1.29, 1.82) is 0 Å². The van der Waals surface area contributed by atoms with Crippen molar-refractivity contribution in [2.75, 3.05) is 11.5 Å². The summed E-state index contributed by atoms with van der Waals surface area (Å²) < 4.78 is 60.6. The lowest BCUT2D eigenvalue weighted by Gasteiger charge is -2.16. The van der Waals surface area contributed by atoms with E-state index in [4.69, 9.17) is 11.6 Å². The zero-order valence-electron chi connectivity index (χ0n) is 10.9. The monoisotopic (exact) mass is 357 g/mol. The van der Waals surface area contributed by atoms with Crippen LogP contribution in [0.4, 0.5) is 13.2 Å². The molecule has 0 saturated carbocycles. The van der Waals surface area contributed by atoms with Crippen LogP contribution in [0.1, 0.15) is 15.9 Å². The van der Waals surface area contributed by atoms with E-state index >= 15 is 0 Å². The first-order valence-electron chi connectivity index (χ1n) is 6.06. The van der Waals surface area contributed by atoms with Crippen LogP contribution in [-0.4, -0.2) is 43.1 Å². The Kier molecular flexibility index (Phi) is 4.42. The van der Waals surface area contributed by atoms with Crippen molar-refractivity contribution in [2.45, 2.75) is 18.3 Å². The molecule has 0 aliphatic carbocycles. The first-order chi connectivity index (χ1) is 9.99. The third-order valence-corrected chi connectivity index (χ3v) is 5.22. The molecule has 1 aromatic carbocycles. The van der Waals surface area contributed by atoms with E-state index in [0.29, 0.717) is 6.07 Å². The number of hydrogen-bond donors (Lipinski definition) is 2. The van der Waals surface area contributed by atoms with E-state index in [1.807, 2.05) is 0 Å². The lowest BCUT2D eigenvalue weighted by molar-refractivity contribution is -0.137. The Bertz CT molecular complexity index is 705. The van der Waals surface area contributed by atoms with E-state index in [1.54, 1.807) is 0 Å². The van der Waals surface area contributed by atoms with Gasteiger partial charge in [0.05, 0.1) is 39.8 Å². The van der Waals surface area contributed by atoms with Crippen LogP contribution in [0, 0.1) is 0 Å². The van der Waals surface area contributed by atoms with Gasteiger partial charge in [-0.2, -0.15) is 13.2 Å². The van der Waals surface area contributed by atoms with Crippen LogP contribution in [0.25, 0.3) is 0 Å². The van der Waals surface area contributed by atoms with Gasteiger partial charge in [0.1, 0.15) is 0 Å². The van der Waals surface area contributed by atoms with Crippen molar-refractivity contribution >= 4 is 27.3 Å². The maximum absolute atomic E-state index is 12.6. The van der Waals surface area contributed by atoms with Crippen LogP contribution in [0.15, 0.2) is 18.2 Å². The standard InChI is InChI=1S/C12H11ClF3NO4S/c13-8-2-1-6(12(14,15)16)3-7(8)11(19)17-9-4-22(20,21)5-10(9)18/h1-3,9-10,18H,4-5H2,(H,17,19)/t9-,10-/m1/s1. The number of carbonyl (C=O) groups excluding carboxylic acids is 1. The van der Waals surface area contributed by atoms with E-state index in [2.05, 4.69) is 5.32 Å². The molecule has 1 aliphatic heterocycles. The first-order valence-corrected chi connectivity index (χ1v) is 8.25. The number of carbonyl (C=O) groups is 1. The highest BCUT2D eigenvalue weighted by atomic mass is 35.5. The van der Waals surface area contributed by atoms with Gasteiger partial charge in [-0.1, -0.05) is 11.6 Å². The number of aliphatic hydroxyl groups excluding tert-OH is 1. The summed E-state index contributed by atoms with van der Waals surface area (Å²) in [5, 5.41) is 11.6. The van der Waals surface area contributed by atoms with Crippen LogP contribution in [0.5, 0.6) is 0 Å². The predicted octanol–water partition coefficient (Wildman–Crippen LogP) is 1.25. The number of nitrogens with one attached hydrogen (secondary N) is 1. The number of amides is 1. The number of halogens is 4. The molecule has 10 heteroatoms. The van der Waals surface area contributed by atoms with Crippen LogP contribution < -0.4 is 5.32 Å². The molecule has 0 radical (unpaired) electrons. The quantitative estimate of drug-likeness (QED) is 0.834. The van der Waals surface area contributed by atoms with Gasteiger partial charge in [0.15, 0.2) is 9.84 Å². The van der Waals surface area contributed by atoms with Crippen LogP contribution in [0.3, 0.4) is 0 Å². The van der Waals surface area contributed by atoms with Crippen molar-refractivity contribution in [2.24, 2.45) is 0 Å². The van der Waals surface area contributed by atoms with E-state index in [0.717, 1.165) is 12.1 Å². The smallest absolute Gasteiger partial charge is 0.390 e. The van der Waals surface area contributed by atoms with Gasteiger partial charge in [-0.15, -0.1) is 0 Å². The maximum Gasteiger partial charge on any atom is 0.416 e. The molecular weight excluding hydrogens is 347 g/mol. The molecule has 1 heterocycles. The van der Waals surface area contributed by atoms with Gasteiger partial charge >= 0.3 is 6.18 Å². The maximum atomic E-state index is 12.6. The van der Waals surface area contributed by atoms with Crippen molar-refractivity contribution < 1.29 is 31.5 Å². The Labute approximate surface area is 129 Å². The second-order valence-corrected chi connectivity index (χ2v) is 7.48. The molecule has 1 saturated heterocycles. The number of aliphatic hydroxyl groups is 1. The van der Waals surface area contributed by atoms with Crippen molar-refractivity contribution in [3.05, 3.63) is 34.3 Å². The van der Waals surface area contributed by atoms with Gasteiger partial charge in [-0.05, 0) is 18.2 Å². The molecule has 1 fully saturated rings. The Morgan fingerprint density at radius 3 is 2.45 bits per heavy atom. The summed E-state index contributed by atoms with van der Waals surface area (Å²) in [6.45, 7) is 0. The molecule has 122 valence electrons. The first kappa shape index (κ1) is 17.0. The Balaban J connectivity index is 2.23. The minimum atomic E-state index is -4.64. The van der Waals surface area contributed by atoms with E-state index in [9.17, 15) is 31.5 Å². The largest absolute Gasteiger partial charge is 0.416 e. The number of benzene rings is 1. The average molecular weight is 358 g/mol. The predicted molar refractivity (Wildman–Crippen MR) is 72.4 cm³/mol. The van der Waals surface area contributed by atoms with Gasteiger partial charge in [-0.25, -0.2) is 8.42 Å². The molecule has 1 aliphatic rings. The summed E-state index contributed by atoms with van der Waals surface area (Å²) in [4.78, 5) is 12.0. The molecule has 2 rings (SSSR count). The topological polar surface area (TPSA) is 83.5 Å². The third kappa shape index (κ3) is 3.71. The second-order valence-electron chi connectivity index (χ2n) is 4.92. The zero-order chi connectivity index (χ0) is 16.7.